The fourth-order valence-corrected chi connectivity index (χ4v) is 2.06. The van der Waals surface area contributed by atoms with Crippen LogP contribution < -0.4 is 5.73 Å². The second-order valence-corrected chi connectivity index (χ2v) is 3.64. The van der Waals surface area contributed by atoms with Gasteiger partial charge < -0.3 is 15.7 Å². The van der Waals surface area contributed by atoms with Crippen LogP contribution in [0, 0.1) is 0 Å². The zero-order valence-corrected chi connectivity index (χ0v) is 7.52. The Hall–Kier alpha value is -0.810. The van der Waals surface area contributed by atoms with Crippen molar-refractivity contribution in [2.75, 3.05) is 19.7 Å². The number of oxime groups is 1. The minimum Gasteiger partial charge on any atom is -0.409 e. The summed E-state index contributed by atoms with van der Waals surface area (Å²) in [5.41, 5.74) is 5.48. The van der Waals surface area contributed by atoms with Crippen molar-refractivity contribution < 1.29 is 9.94 Å². The molecule has 0 saturated carbocycles. The van der Waals surface area contributed by atoms with Gasteiger partial charge in [-0.05, 0) is 19.4 Å². The Morgan fingerprint density at radius 3 is 3.23 bits per heavy atom. The van der Waals surface area contributed by atoms with E-state index >= 15 is 0 Å². The van der Waals surface area contributed by atoms with E-state index in [0.717, 1.165) is 13.1 Å². The molecule has 2 aliphatic rings. The number of morpholine rings is 1. The summed E-state index contributed by atoms with van der Waals surface area (Å²) in [7, 11) is 0. The van der Waals surface area contributed by atoms with Crippen molar-refractivity contribution in [1.29, 1.82) is 0 Å². The molecule has 0 aromatic rings. The molecule has 0 amide bonds. The molecule has 0 spiro atoms. The molecule has 74 valence electrons. The quantitative estimate of drug-likeness (QED) is 0.252. The summed E-state index contributed by atoms with van der Waals surface area (Å²) in [6.45, 7) is 2.59. The maximum atomic E-state index is 8.49. The first-order valence-electron chi connectivity index (χ1n) is 4.64. The zero-order chi connectivity index (χ0) is 9.26. The average molecular weight is 185 g/mol. The summed E-state index contributed by atoms with van der Waals surface area (Å²) in [5.74, 6) is 0.186. The molecular weight excluding hydrogens is 170 g/mol. The highest BCUT2D eigenvalue weighted by Crippen LogP contribution is 2.22. The van der Waals surface area contributed by atoms with Crippen LogP contribution in [-0.4, -0.2) is 47.8 Å². The van der Waals surface area contributed by atoms with Crippen molar-refractivity contribution in [2.45, 2.75) is 25.0 Å². The molecule has 0 aliphatic carbocycles. The van der Waals surface area contributed by atoms with Gasteiger partial charge in [-0.15, -0.1) is 0 Å². The van der Waals surface area contributed by atoms with Crippen molar-refractivity contribution in [2.24, 2.45) is 10.9 Å². The number of amidine groups is 1. The van der Waals surface area contributed by atoms with Crippen LogP contribution in [0.3, 0.4) is 0 Å². The Morgan fingerprint density at radius 1 is 1.62 bits per heavy atom. The molecule has 0 aromatic carbocycles. The van der Waals surface area contributed by atoms with Gasteiger partial charge in [0.2, 0.25) is 0 Å². The smallest absolute Gasteiger partial charge is 0.169 e. The average Bonchev–Trinajstić information content (AvgIpc) is 2.63. The second kappa shape index (κ2) is 3.51. The SMILES string of the molecule is NC(=NO)[C@H]1CN2CCC[C@@H]2CO1. The van der Waals surface area contributed by atoms with Gasteiger partial charge in [0.1, 0.15) is 6.10 Å². The van der Waals surface area contributed by atoms with E-state index in [4.69, 9.17) is 15.7 Å². The molecule has 0 bridgehead atoms. The molecule has 0 aromatic heterocycles. The fourth-order valence-electron chi connectivity index (χ4n) is 2.06. The molecule has 5 nitrogen and oxygen atoms in total. The highest BCUT2D eigenvalue weighted by molar-refractivity contribution is 5.84. The van der Waals surface area contributed by atoms with E-state index in [9.17, 15) is 0 Å². The van der Waals surface area contributed by atoms with Gasteiger partial charge in [-0.25, -0.2) is 0 Å². The number of ether oxygens (including phenoxy) is 1. The lowest BCUT2D eigenvalue weighted by atomic mass is 10.2. The fraction of sp³-hybridized carbons (Fsp3) is 0.875. The van der Waals surface area contributed by atoms with Gasteiger partial charge in [0, 0.05) is 12.6 Å². The monoisotopic (exact) mass is 185 g/mol. The lowest BCUT2D eigenvalue weighted by molar-refractivity contribution is -0.0177. The van der Waals surface area contributed by atoms with E-state index in [1.165, 1.54) is 12.8 Å². The molecule has 0 unspecified atom stereocenters. The van der Waals surface area contributed by atoms with E-state index < -0.39 is 0 Å². The zero-order valence-electron chi connectivity index (χ0n) is 7.52. The lowest BCUT2D eigenvalue weighted by Crippen LogP contribution is -2.50. The molecule has 2 rings (SSSR count). The minimum absolute atomic E-state index is 0.186. The number of hydrogen-bond donors (Lipinski definition) is 2. The Kier molecular flexibility index (Phi) is 2.37. The third-order valence-corrected chi connectivity index (χ3v) is 2.83. The van der Waals surface area contributed by atoms with Gasteiger partial charge in [-0.1, -0.05) is 5.16 Å². The van der Waals surface area contributed by atoms with Crippen molar-refractivity contribution in [3.63, 3.8) is 0 Å². The molecule has 13 heavy (non-hydrogen) atoms. The van der Waals surface area contributed by atoms with Gasteiger partial charge in [-0.3, -0.25) is 4.90 Å². The largest absolute Gasteiger partial charge is 0.409 e. The highest BCUT2D eigenvalue weighted by atomic mass is 16.5. The maximum Gasteiger partial charge on any atom is 0.169 e. The van der Waals surface area contributed by atoms with Crippen molar-refractivity contribution in [1.82, 2.24) is 4.90 Å². The van der Waals surface area contributed by atoms with Crippen molar-refractivity contribution in [3.05, 3.63) is 0 Å². The van der Waals surface area contributed by atoms with E-state index in [1.54, 1.807) is 0 Å². The van der Waals surface area contributed by atoms with E-state index in [0.29, 0.717) is 12.6 Å². The normalized spacial score (nSPS) is 36.2. The highest BCUT2D eigenvalue weighted by Gasteiger charge is 2.33. The van der Waals surface area contributed by atoms with E-state index in [1.807, 2.05) is 0 Å². The number of nitrogens with two attached hydrogens (primary N) is 1. The first-order valence-corrected chi connectivity index (χ1v) is 4.64. The molecule has 2 fully saturated rings. The Morgan fingerprint density at radius 2 is 2.46 bits per heavy atom. The Balaban J connectivity index is 1.97. The number of hydrogen-bond acceptors (Lipinski definition) is 4. The Bertz CT molecular complexity index is 219. The first-order chi connectivity index (χ1) is 6.31. The van der Waals surface area contributed by atoms with Gasteiger partial charge in [0.15, 0.2) is 5.84 Å². The summed E-state index contributed by atoms with van der Waals surface area (Å²) in [6.07, 6.45) is 2.22. The summed E-state index contributed by atoms with van der Waals surface area (Å²) in [5, 5.41) is 11.5. The predicted octanol–water partition coefficient (Wildman–Crippen LogP) is -0.404. The third kappa shape index (κ3) is 1.62. The second-order valence-electron chi connectivity index (χ2n) is 3.64. The summed E-state index contributed by atoms with van der Waals surface area (Å²) >= 11 is 0. The molecule has 0 radical (unpaired) electrons. The maximum absolute atomic E-state index is 8.49. The molecular formula is C8H15N3O2. The standard InChI is InChI=1S/C8H15N3O2/c9-8(10-12)7-4-11-3-1-2-6(11)5-13-7/h6-7,12H,1-5H2,(H2,9,10)/t6-,7-/m1/s1. The van der Waals surface area contributed by atoms with Gasteiger partial charge in [-0.2, -0.15) is 0 Å². The van der Waals surface area contributed by atoms with Gasteiger partial charge in [0.05, 0.1) is 6.61 Å². The lowest BCUT2D eigenvalue weighted by Gasteiger charge is -2.34. The first kappa shape index (κ1) is 8.77. The number of nitrogens with zero attached hydrogens (tertiary/aromatic N) is 2. The molecule has 2 heterocycles. The van der Waals surface area contributed by atoms with Crippen LogP contribution >= 0.6 is 0 Å². The van der Waals surface area contributed by atoms with Gasteiger partial charge >= 0.3 is 0 Å². The topological polar surface area (TPSA) is 71.1 Å². The number of rotatable bonds is 1. The summed E-state index contributed by atoms with van der Waals surface area (Å²) < 4.78 is 5.49. The van der Waals surface area contributed by atoms with Crippen LogP contribution in [-0.2, 0) is 4.74 Å². The van der Waals surface area contributed by atoms with Crippen LogP contribution in [0.15, 0.2) is 5.16 Å². The predicted molar refractivity (Wildman–Crippen MR) is 47.7 cm³/mol. The van der Waals surface area contributed by atoms with Gasteiger partial charge in [0.25, 0.3) is 0 Å². The van der Waals surface area contributed by atoms with Crippen LogP contribution in [0.2, 0.25) is 0 Å². The van der Waals surface area contributed by atoms with E-state index in [-0.39, 0.29) is 11.9 Å². The molecule has 2 atom stereocenters. The molecule has 2 aliphatic heterocycles. The molecule has 3 N–H and O–H groups in total. The van der Waals surface area contributed by atoms with Crippen LogP contribution in [0.25, 0.3) is 0 Å². The van der Waals surface area contributed by atoms with Crippen LogP contribution in [0.1, 0.15) is 12.8 Å². The molecule has 5 heteroatoms. The number of fused-ring (bicyclic) bond motifs is 1. The van der Waals surface area contributed by atoms with Crippen LogP contribution in [0.5, 0.6) is 0 Å². The summed E-state index contributed by atoms with van der Waals surface area (Å²) in [6, 6.07) is 0.558. The summed E-state index contributed by atoms with van der Waals surface area (Å²) in [4.78, 5) is 2.35. The van der Waals surface area contributed by atoms with E-state index in [2.05, 4.69) is 10.1 Å². The molecule has 2 saturated heterocycles. The van der Waals surface area contributed by atoms with Crippen molar-refractivity contribution in [3.8, 4) is 0 Å². The minimum atomic E-state index is -0.223. The Labute approximate surface area is 77.1 Å². The third-order valence-electron chi connectivity index (χ3n) is 2.83. The van der Waals surface area contributed by atoms with Crippen LogP contribution in [0.4, 0.5) is 0 Å². The van der Waals surface area contributed by atoms with Crippen molar-refractivity contribution >= 4 is 5.84 Å².